The number of nitriles is 1. The largest absolute Gasteiger partial charge is 0.477 e. The third-order valence-corrected chi connectivity index (χ3v) is 5.33. The summed E-state index contributed by atoms with van der Waals surface area (Å²) >= 11 is 6.03. The zero-order valence-electron chi connectivity index (χ0n) is 16.8. The summed E-state index contributed by atoms with van der Waals surface area (Å²) in [5.41, 5.74) is 4.99. The Kier molecular flexibility index (Phi) is 6.18. The lowest BCUT2D eigenvalue weighted by atomic mass is 9.98. The molecule has 0 N–H and O–H groups in total. The van der Waals surface area contributed by atoms with E-state index >= 15 is 0 Å². The van der Waals surface area contributed by atoms with Crippen LogP contribution in [0, 0.1) is 11.3 Å². The average molecular weight is 420 g/mol. The molecule has 0 spiro atoms. The van der Waals surface area contributed by atoms with Gasteiger partial charge in [-0.3, -0.25) is 0 Å². The number of hydrogen-bond donors (Lipinski definition) is 0. The molecule has 1 aromatic heterocycles. The van der Waals surface area contributed by atoms with E-state index in [-0.39, 0.29) is 0 Å². The highest BCUT2D eigenvalue weighted by Crippen LogP contribution is 2.34. The molecule has 0 unspecified atom stereocenters. The lowest BCUT2D eigenvalue weighted by Crippen LogP contribution is -2.36. The summed E-state index contributed by atoms with van der Waals surface area (Å²) in [5.74, 6) is 0.347. The van der Waals surface area contributed by atoms with E-state index in [1.165, 1.54) is 0 Å². The van der Waals surface area contributed by atoms with E-state index in [1.807, 2.05) is 49.4 Å². The first-order valence-electron chi connectivity index (χ1n) is 9.96. The van der Waals surface area contributed by atoms with Crippen LogP contribution in [0.1, 0.15) is 12.5 Å². The monoisotopic (exact) mass is 419 g/mol. The molecule has 0 saturated carbocycles. The summed E-state index contributed by atoms with van der Waals surface area (Å²) in [6, 6.07) is 20.0. The molecule has 3 aromatic rings. The minimum atomic E-state index is 0.347. The molecule has 152 valence electrons. The van der Waals surface area contributed by atoms with Gasteiger partial charge in [-0.2, -0.15) is 5.26 Å². The molecule has 0 radical (unpaired) electrons. The van der Waals surface area contributed by atoms with Gasteiger partial charge in [0.25, 0.3) is 0 Å². The topological polar surface area (TPSA) is 58.4 Å². The number of anilines is 1. The van der Waals surface area contributed by atoms with Gasteiger partial charge in [-0.05, 0) is 42.8 Å². The van der Waals surface area contributed by atoms with E-state index in [0.717, 1.165) is 54.4 Å². The quantitative estimate of drug-likeness (QED) is 0.570. The lowest BCUT2D eigenvalue weighted by molar-refractivity contribution is 0.122. The van der Waals surface area contributed by atoms with Crippen LogP contribution in [0.3, 0.4) is 0 Å². The van der Waals surface area contributed by atoms with E-state index < -0.39 is 0 Å². The van der Waals surface area contributed by atoms with Crippen molar-refractivity contribution in [2.45, 2.75) is 6.92 Å². The number of hydrogen-bond acceptors (Lipinski definition) is 5. The number of nitrogens with zero attached hydrogens (tertiary/aromatic N) is 3. The Bertz CT molecular complexity index is 1050. The van der Waals surface area contributed by atoms with Gasteiger partial charge in [0.2, 0.25) is 5.88 Å². The number of halogens is 1. The maximum absolute atomic E-state index is 9.83. The van der Waals surface area contributed by atoms with Crippen LogP contribution < -0.4 is 9.64 Å². The molecule has 5 nitrogen and oxygen atoms in total. The van der Waals surface area contributed by atoms with Gasteiger partial charge in [0.1, 0.15) is 11.6 Å². The minimum absolute atomic E-state index is 0.347. The first kappa shape index (κ1) is 20.2. The van der Waals surface area contributed by atoms with E-state index in [2.05, 4.69) is 28.1 Å². The van der Waals surface area contributed by atoms with Crippen LogP contribution in [-0.2, 0) is 4.74 Å². The molecule has 1 fully saturated rings. The Morgan fingerprint density at radius 1 is 1.07 bits per heavy atom. The van der Waals surface area contributed by atoms with E-state index in [4.69, 9.17) is 21.1 Å². The number of rotatable bonds is 5. The van der Waals surface area contributed by atoms with Crippen LogP contribution >= 0.6 is 11.6 Å². The number of benzene rings is 2. The van der Waals surface area contributed by atoms with Crippen LogP contribution in [0.2, 0.25) is 5.02 Å². The predicted molar refractivity (Wildman–Crippen MR) is 119 cm³/mol. The zero-order chi connectivity index (χ0) is 20.9. The SMILES string of the molecule is CCOc1nc(-c2ccc(Cl)cc2)cc(-c2ccc(N3CCOCC3)cc2)c1C#N. The summed E-state index contributed by atoms with van der Waals surface area (Å²) < 4.78 is 11.1. The molecular formula is C24H22ClN3O2. The van der Waals surface area contributed by atoms with Gasteiger partial charge in [-0.1, -0.05) is 35.9 Å². The second-order valence-electron chi connectivity index (χ2n) is 6.93. The summed E-state index contributed by atoms with van der Waals surface area (Å²) in [5, 5.41) is 10.5. The van der Waals surface area contributed by atoms with Crippen LogP contribution in [-0.4, -0.2) is 37.9 Å². The molecule has 4 rings (SSSR count). The van der Waals surface area contributed by atoms with Gasteiger partial charge >= 0.3 is 0 Å². The first-order valence-corrected chi connectivity index (χ1v) is 10.3. The van der Waals surface area contributed by atoms with E-state index in [1.54, 1.807) is 0 Å². The Morgan fingerprint density at radius 2 is 1.73 bits per heavy atom. The zero-order valence-corrected chi connectivity index (χ0v) is 17.5. The molecule has 0 atom stereocenters. The fraction of sp³-hybridized carbons (Fsp3) is 0.250. The molecule has 30 heavy (non-hydrogen) atoms. The van der Waals surface area contributed by atoms with Gasteiger partial charge in [0.15, 0.2) is 0 Å². The van der Waals surface area contributed by atoms with Crippen molar-refractivity contribution in [3.8, 4) is 34.3 Å². The Hall–Kier alpha value is -3.07. The molecule has 1 saturated heterocycles. The highest BCUT2D eigenvalue weighted by atomic mass is 35.5. The third-order valence-electron chi connectivity index (χ3n) is 5.07. The Labute approximate surface area is 181 Å². The summed E-state index contributed by atoms with van der Waals surface area (Å²) in [4.78, 5) is 6.90. The molecule has 0 aliphatic carbocycles. The molecular weight excluding hydrogens is 398 g/mol. The molecule has 2 heterocycles. The van der Waals surface area contributed by atoms with Crippen molar-refractivity contribution < 1.29 is 9.47 Å². The normalized spacial score (nSPS) is 13.7. The molecule has 0 amide bonds. The third kappa shape index (κ3) is 4.25. The number of aromatic nitrogens is 1. The molecule has 0 bridgehead atoms. The maximum Gasteiger partial charge on any atom is 0.232 e. The Morgan fingerprint density at radius 3 is 2.37 bits per heavy atom. The van der Waals surface area contributed by atoms with Crippen molar-refractivity contribution in [3.63, 3.8) is 0 Å². The summed E-state index contributed by atoms with van der Waals surface area (Å²) in [6.07, 6.45) is 0. The first-order chi connectivity index (χ1) is 14.7. The lowest BCUT2D eigenvalue weighted by Gasteiger charge is -2.29. The van der Waals surface area contributed by atoms with Crippen molar-refractivity contribution in [1.82, 2.24) is 4.98 Å². The van der Waals surface area contributed by atoms with Crippen molar-refractivity contribution in [3.05, 3.63) is 65.2 Å². The van der Waals surface area contributed by atoms with Crippen molar-refractivity contribution in [2.75, 3.05) is 37.8 Å². The fourth-order valence-corrected chi connectivity index (χ4v) is 3.67. The van der Waals surface area contributed by atoms with Crippen LogP contribution in [0.25, 0.3) is 22.4 Å². The number of morpholine rings is 1. The smallest absolute Gasteiger partial charge is 0.232 e. The molecule has 1 aliphatic rings. The fourth-order valence-electron chi connectivity index (χ4n) is 3.54. The molecule has 6 heteroatoms. The van der Waals surface area contributed by atoms with Crippen molar-refractivity contribution >= 4 is 17.3 Å². The van der Waals surface area contributed by atoms with E-state index in [9.17, 15) is 5.26 Å². The molecule has 1 aliphatic heterocycles. The summed E-state index contributed by atoms with van der Waals surface area (Å²) in [7, 11) is 0. The van der Waals surface area contributed by atoms with Gasteiger partial charge in [-0.15, -0.1) is 0 Å². The van der Waals surface area contributed by atoms with Gasteiger partial charge in [0.05, 0.1) is 25.5 Å². The van der Waals surface area contributed by atoms with Gasteiger partial charge in [-0.25, -0.2) is 4.98 Å². The van der Waals surface area contributed by atoms with Gasteiger partial charge in [0, 0.05) is 34.9 Å². The minimum Gasteiger partial charge on any atom is -0.477 e. The second kappa shape index (κ2) is 9.17. The maximum atomic E-state index is 9.83. The van der Waals surface area contributed by atoms with Crippen LogP contribution in [0.15, 0.2) is 54.6 Å². The van der Waals surface area contributed by atoms with Crippen LogP contribution in [0.5, 0.6) is 5.88 Å². The second-order valence-corrected chi connectivity index (χ2v) is 7.37. The predicted octanol–water partition coefficient (Wildman–Crippen LogP) is 5.18. The Balaban J connectivity index is 1.77. The number of ether oxygens (including phenoxy) is 2. The molecule has 2 aromatic carbocycles. The number of pyridine rings is 1. The standard InChI is InChI=1S/C24H22ClN3O2/c1-2-30-24-22(16-26)21(15-23(27-24)18-3-7-19(25)8-4-18)17-5-9-20(10-6-17)28-11-13-29-14-12-28/h3-10,15H,2,11-14H2,1H3. The van der Waals surface area contributed by atoms with Crippen molar-refractivity contribution in [1.29, 1.82) is 5.26 Å². The summed E-state index contributed by atoms with van der Waals surface area (Å²) in [6.45, 7) is 5.57. The average Bonchev–Trinajstić information content (AvgIpc) is 2.80. The highest BCUT2D eigenvalue weighted by molar-refractivity contribution is 6.30. The van der Waals surface area contributed by atoms with E-state index in [0.29, 0.717) is 23.1 Å². The highest BCUT2D eigenvalue weighted by Gasteiger charge is 2.17. The van der Waals surface area contributed by atoms with Crippen molar-refractivity contribution in [2.24, 2.45) is 0 Å². The van der Waals surface area contributed by atoms with Gasteiger partial charge < -0.3 is 14.4 Å². The van der Waals surface area contributed by atoms with Crippen LogP contribution in [0.4, 0.5) is 5.69 Å².